The van der Waals surface area contributed by atoms with Gasteiger partial charge in [0, 0.05) is 18.0 Å². The molecule has 0 aliphatic carbocycles. The van der Waals surface area contributed by atoms with Crippen LogP contribution in [0, 0.1) is 0 Å². The van der Waals surface area contributed by atoms with Crippen molar-refractivity contribution in [1.82, 2.24) is 9.88 Å². The van der Waals surface area contributed by atoms with E-state index in [0.717, 1.165) is 10.9 Å². The minimum atomic E-state index is -0.240. The first kappa shape index (κ1) is 16.0. The van der Waals surface area contributed by atoms with Crippen molar-refractivity contribution >= 4 is 16.7 Å². The highest BCUT2D eigenvalue weighted by molar-refractivity contribution is 5.96. The quantitative estimate of drug-likeness (QED) is 0.800. The molecule has 0 atom stereocenters. The van der Waals surface area contributed by atoms with Crippen LogP contribution in [0.5, 0.6) is 0 Å². The number of nitrogens with one attached hydrogen (secondary N) is 1. The summed E-state index contributed by atoms with van der Waals surface area (Å²) >= 11 is 0. The fraction of sp³-hybridized carbons (Fsp3) is 0.200. The topological polar surface area (TPSA) is 51.1 Å². The third-order valence-electron chi connectivity index (χ3n) is 4.01. The maximum absolute atomic E-state index is 12.8. The number of benzene rings is 2. The van der Waals surface area contributed by atoms with Crippen molar-refractivity contribution in [3.63, 3.8) is 0 Å². The van der Waals surface area contributed by atoms with Crippen molar-refractivity contribution < 1.29 is 4.79 Å². The Morgan fingerprint density at radius 2 is 1.71 bits per heavy atom. The number of amides is 1. The summed E-state index contributed by atoms with van der Waals surface area (Å²) in [5.74, 6) is -0.240. The first-order chi connectivity index (χ1) is 11.6. The summed E-state index contributed by atoms with van der Waals surface area (Å²) in [5.41, 5.74) is 1.28. The van der Waals surface area contributed by atoms with E-state index in [0.29, 0.717) is 17.6 Å². The normalized spacial score (nSPS) is 11.0. The van der Waals surface area contributed by atoms with Crippen LogP contribution >= 0.6 is 0 Å². The van der Waals surface area contributed by atoms with Crippen LogP contribution in [0.25, 0.3) is 10.8 Å². The SMILES string of the molecule is CC(C)n1c(C(=O)NCc2ccccc2)cc2ccccc2c1=O. The molecule has 4 heteroatoms. The van der Waals surface area contributed by atoms with Gasteiger partial charge in [-0.05, 0) is 36.9 Å². The molecule has 3 aromatic rings. The van der Waals surface area contributed by atoms with Gasteiger partial charge in [0.15, 0.2) is 0 Å². The highest BCUT2D eigenvalue weighted by Crippen LogP contribution is 2.15. The van der Waals surface area contributed by atoms with Crippen molar-refractivity contribution in [2.24, 2.45) is 0 Å². The van der Waals surface area contributed by atoms with E-state index in [1.54, 1.807) is 16.7 Å². The third kappa shape index (κ3) is 3.08. The summed E-state index contributed by atoms with van der Waals surface area (Å²) < 4.78 is 1.56. The molecule has 1 aromatic heterocycles. The number of fused-ring (bicyclic) bond motifs is 1. The summed E-state index contributed by atoms with van der Waals surface area (Å²) in [6.07, 6.45) is 0. The van der Waals surface area contributed by atoms with Gasteiger partial charge in [0.2, 0.25) is 0 Å². The summed E-state index contributed by atoms with van der Waals surface area (Å²) in [7, 11) is 0. The van der Waals surface area contributed by atoms with Crippen LogP contribution < -0.4 is 10.9 Å². The fourth-order valence-electron chi connectivity index (χ4n) is 2.83. The summed E-state index contributed by atoms with van der Waals surface area (Å²) in [6, 6.07) is 18.8. The molecular formula is C20H20N2O2. The first-order valence-corrected chi connectivity index (χ1v) is 8.04. The largest absolute Gasteiger partial charge is 0.347 e. The number of carbonyl (C=O) groups is 1. The van der Waals surface area contributed by atoms with E-state index in [-0.39, 0.29) is 17.5 Å². The molecule has 0 fully saturated rings. The first-order valence-electron chi connectivity index (χ1n) is 8.04. The molecule has 0 radical (unpaired) electrons. The van der Waals surface area contributed by atoms with E-state index in [1.165, 1.54) is 0 Å². The highest BCUT2D eigenvalue weighted by Gasteiger charge is 2.17. The van der Waals surface area contributed by atoms with Crippen LogP contribution in [-0.4, -0.2) is 10.5 Å². The fourth-order valence-corrected chi connectivity index (χ4v) is 2.83. The van der Waals surface area contributed by atoms with Gasteiger partial charge in [-0.1, -0.05) is 48.5 Å². The van der Waals surface area contributed by atoms with Gasteiger partial charge in [-0.3, -0.25) is 9.59 Å². The average Bonchev–Trinajstić information content (AvgIpc) is 2.60. The van der Waals surface area contributed by atoms with Crippen molar-refractivity contribution in [2.75, 3.05) is 0 Å². The molecule has 1 N–H and O–H groups in total. The Bertz CT molecular complexity index is 927. The predicted octanol–water partition coefficient (Wildman–Crippen LogP) is 3.51. The molecule has 0 bridgehead atoms. The van der Waals surface area contributed by atoms with E-state index >= 15 is 0 Å². The van der Waals surface area contributed by atoms with Gasteiger partial charge < -0.3 is 9.88 Å². The number of hydrogen-bond donors (Lipinski definition) is 1. The monoisotopic (exact) mass is 320 g/mol. The van der Waals surface area contributed by atoms with Gasteiger partial charge in [-0.2, -0.15) is 0 Å². The maximum atomic E-state index is 12.8. The van der Waals surface area contributed by atoms with E-state index in [1.807, 2.05) is 62.4 Å². The molecule has 0 saturated carbocycles. The zero-order chi connectivity index (χ0) is 17.1. The molecule has 4 nitrogen and oxygen atoms in total. The second kappa shape index (κ2) is 6.71. The Hall–Kier alpha value is -2.88. The Labute approximate surface area is 140 Å². The summed E-state index contributed by atoms with van der Waals surface area (Å²) in [5, 5.41) is 4.32. The molecule has 0 spiro atoms. The highest BCUT2D eigenvalue weighted by atomic mass is 16.2. The lowest BCUT2D eigenvalue weighted by Gasteiger charge is -2.17. The van der Waals surface area contributed by atoms with Crippen LogP contribution in [0.3, 0.4) is 0 Å². The lowest BCUT2D eigenvalue weighted by molar-refractivity contribution is 0.0939. The van der Waals surface area contributed by atoms with Crippen LogP contribution in [0.15, 0.2) is 65.5 Å². The molecule has 0 unspecified atom stereocenters. The number of carbonyl (C=O) groups excluding carboxylic acids is 1. The van der Waals surface area contributed by atoms with Gasteiger partial charge in [0.05, 0.1) is 0 Å². The van der Waals surface area contributed by atoms with Gasteiger partial charge in [-0.25, -0.2) is 0 Å². The Morgan fingerprint density at radius 1 is 1.04 bits per heavy atom. The van der Waals surface area contributed by atoms with Gasteiger partial charge in [-0.15, -0.1) is 0 Å². The lowest BCUT2D eigenvalue weighted by Crippen LogP contribution is -2.33. The number of aromatic nitrogens is 1. The van der Waals surface area contributed by atoms with Crippen molar-refractivity contribution in [3.05, 3.63) is 82.3 Å². The van der Waals surface area contributed by atoms with Gasteiger partial charge >= 0.3 is 0 Å². The third-order valence-corrected chi connectivity index (χ3v) is 4.01. The second-order valence-electron chi connectivity index (χ2n) is 6.05. The Morgan fingerprint density at radius 3 is 2.42 bits per heavy atom. The standard InChI is InChI=1S/C20H20N2O2/c1-14(2)22-18(12-16-10-6-7-11-17(16)20(22)24)19(23)21-13-15-8-4-3-5-9-15/h3-12,14H,13H2,1-2H3,(H,21,23). The van der Waals surface area contributed by atoms with E-state index in [2.05, 4.69) is 5.32 Å². The van der Waals surface area contributed by atoms with Gasteiger partial charge in [0.25, 0.3) is 11.5 Å². The molecule has 0 aliphatic heterocycles. The van der Waals surface area contributed by atoms with E-state index < -0.39 is 0 Å². The molecule has 3 rings (SSSR count). The lowest BCUT2D eigenvalue weighted by atomic mass is 10.1. The number of pyridine rings is 1. The van der Waals surface area contributed by atoms with E-state index in [4.69, 9.17) is 0 Å². The molecule has 2 aromatic carbocycles. The predicted molar refractivity (Wildman–Crippen MR) is 96.2 cm³/mol. The summed E-state index contributed by atoms with van der Waals surface area (Å²) in [6.45, 7) is 4.24. The molecule has 1 amide bonds. The van der Waals surface area contributed by atoms with Crippen LogP contribution in [0.4, 0.5) is 0 Å². The average molecular weight is 320 g/mol. The number of rotatable bonds is 4. The maximum Gasteiger partial charge on any atom is 0.268 e. The van der Waals surface area contributed by atoms with Crippen molar-refractivity contribution in [2.45, 2.75) is 26.4 Å². The number of hydrogen-bond acceptors (Lipinski definition) is 2. The Balaban J connectivity index is 1.99. The zero-order valence-corrected chi connectivity index (χ0v) is 13.8. The minimum Gasteiger partial charge on any atom is -0.347 e. The van der Waals surface area contributed by atoms with Crippen LogP contribution in [-0.2, 0) is 6.54 Å². The second-order valence-corrected chi connectivity index (χ2v) is 6.05. The smallest absolute Gasteiger partial charge is 0.268 e. The van der Waals surface area contributed by atoms with Crippen LogP contribution in [0.2, 0.25) is 0 Å². The van der Waals surface area contributed by atoms with Crippen LogP contribution in [0.1, 0.15) is 35.9 Å². The molecule has 1 heterocycles. The van der Waals surface area contributed by atoms with Crippen molar-refractivity contribution in [1.29, 1.82) is 0 Å². The van der Waals surface area contributed by atoms with Gasteiger partial charge in [0.1, 0.15) is 5.69 Å². The molecule has 122 valence electrons. The molecule has 0 saturated heterocycles. The van der Waals surface area contributed by atoms with Crippen molar-refractivity contribution in [3.8, 4) is 0 Å². The van der Waals surface area contributed by atoms with E-state index in [9.17, 15) is 9.59 Å². The summed E-state index contributed by atoms with van der Waals surface area (Å²) in [4.78, 5) is 25.4. The number of nitrogens with zero attached hydrogens (tertiary/aromatic N) is 1. The molecule has 24 heavy (non-hydrogen) atoms. The Kier molecular flexibility index (Phi) is 4.47. The molecular weight excluding hydrogens is 300 g/mol. The molecule has 0 aliphatic rings. The minimum absolute atomic E-state index is 0.0976. The zero-order valence-electron chi connectivity index (χ0n) is 13.8.